The standard InChI is InChI=1S/C12H16ClN.C12H21NO/c13-12-3-1-10(2-4-12)9-11-5-7-14-8-6-11;14-12(10-6-2-1-3-7-10)13-11-8-4-5-9-11/h1-4,11,14H,5-9H2;10-11H,1-9H2,(H,13,14). The molecule has 0 radical (unpaired) electrons. The number of carbonyl (C=O) groups is 1. The van der Waals surface area contributed by atoms with Crippen LogP contribution in [0.3, 0.4) is 0 Å². The highest BCUT2D eigenvalue weighted by atomic mass is 35.5. The van der Waals surface area contributed by atoms with Crippen LogP contribution in [0.15, 0.2) is 24.3 Å². The van der Waals surface area contributed by atoms with E-state index < -0.39 is 0 Å². The first-order valence-corrected chi connectivity index (χ1v) is 11.8. The zero-order valence-corrected chi connectivity index (χ0v) is 18.0. The topological polar surface area (TPSA) is 41.1 Å². The largest absolute Gasteiger partial charge is 0.353 e. The first-order valence-electron chi connectivity index (χ1n) is 11.5. The summed E-state index contributed by atoms with van der Waals surface area (Å²) >= 11 is 5.84. The molecular formula is C24H37ClN2O. The normalized spacial score (nSPS) is 21.8. The molecule has 2 aliphatic carbocycles. The molecule has 0 bridgehead atoms. The maximum absolute atomic E-state index is 11.8. The minimum Gasteiger partial charge on any atom is -0.353 e. The van der Waals surface area contributed by atoms with Crippen LogP contribution in [0.4, 0.5) is 0 Å². The van der Waals surface area contributed by atoms with Crippen molar-refractivity contribution in [1.29, 1.82) is 0 Å². The Morgan fingerprint density at radius 1 is 0.893 bits per heavy atom. The molecule has 1 aromatic rings. The van der Waals surface area contributed by atoms with Gasteiger partial charge in [0.2, 0.25) is 5.91 Å². The molecule has 1 amide bonds. The molecule has 3 nitrogen and oxygen atoms in total. The lowest BCUT2D eigenvalue weighted by molar-refractivity contribution is -0.126. The maximum Gasteiger partial charge on any atom is 0.223 e. The highest BCUT2D eigenvalue weighted by Crippen LogP contribution is 2.25. The van der Waals surface area contributed by atoms with Gasteiger partial charge in [-0.3, -0.25) is 4.79 Å². The summed E-state index contributed by atoms with van der Waals surface area (Å²) in [6.07, 6.45) is 14.9. The zero-order valence-electron chi connectivity index (χ0n) is 17.2. The highest BCUT2D eigenvalue weighted by molar-refractivity contribution is 6.30. The van der Waals surface area contributed by atoms with Gasteiger partial charge < -0.3 is 10.6 Å². The van der Waals surface area contributed by atoms with E-state index in [0.717, 1.165) is 23.8 Å². The Morgan fingerprint density at radius 3 is 2.14 bits per heavy atom. The third kappa shape index (κ3) is 7.40. The molecule has 3 aliphatic rings. The predicted molar refractivity (Wildman–Crippen MR) is 118 cm³/mol. The summed E-state index contributed by atoms with van der Waals surface area (Å²) in [5.41, 5.74) is 1.42. The summed E-state index contributed by atoms with van der Waals surface area (Å²) in [5.74, 6) is 1.54. The van der Waals surface area contributed by atoms with E-state index >= 15 is 0 Å². The fraction of sp³-hybridized carbons (Fsp3) is 0.708. The minimum atomic E-state index is 0.337. The van der Waals surface area contributed by atoms with Gasteiger partial charge in [0.1, 0.15) is 0 Å². The number of amides is 1. The SMILES string of the molecule is Clc1ccc(CC2CCNCC2)cc1.O=C(NC1CCCC1)C1CCCCC1. The lowest BCUT2D eigenvalue weighted by Gasteiger charge is -2.22. The van der Waals surface area contributed by atoms with Crippen molar-refractivity contribution in [2.75, 3.05) is 13.1 Å². The van der Waals surface area contributed by atoms with Crippen LogP contribution in [-0.4, -0.2) is 25.0 Å². The molecule has 2 saturated carbocycles. The van der Waals surface area contributed by atoms with E-state index in [2.05, 4.69) is 22.8 Å². The van der Waals surface area contributed by atoms with Crippen LogP contribution in [0.5, 0.6) is 0 Å². The Morgan fingerprint density at radius 2 is 1.50 bits per heavy atom. The molecule has 1 aromatic carbocycles. The molecule has 3 fully saturated rings. The van der Waals surface area contributed by atoms with Crippen molar-refractivity contribution >= 4 is 17.5 Å². The van der Waals surface area contributed by atoms with Crippen LogP contribution >= 0.6 is 11.6 Å². The Bertz CT molecular complexity index is 571. The smallest absolute Gasteiger partial charge is 0.223 e. The fourth-order valence-corrected chi connectivity index (χ4v) is 4.92. The van der Waals surface area contributed by atoms with Crippen molar-refractivity contribution in [2.45, 2.75) is 83.1 Å². The molecule has 1 aliphatic heterocycles. The average molecular weight is 405 g/mol. The number of benzene rings is 1. The summed E-state index contributed by atoms with van der Waals surface area (Å²) < 4.78 is 0. The van der Waals surface area contributed by atoms with Gasteiger partial charge in [-0.1, -0.05) is 55.8 Å². The quantitative estimate of drug-likeness (QED) is 0.694. The van der Waals surface area contributed by atoms with Gasteiger partial charge in [0, 0.05) is 17.0 Å². The van der Waals surface area contributed by atoms with Crippen LogP contribution in [0.25, 0.3) is 0 Å². The van der Waals surface area contributed by atoms with Crippen LogP contribution in [-0.2, 0) is 11.2 Å². The Hall–Kier alpha value is -1.06. The zero-order chi connectivity index (χ0) is 19.6. The molecular weight excluding hydrogens is 368 g/mol. The Kier molecular flexibility index (Phi) is 9.14. The second kappa shape index (κ2) is 11.8. The molecule has 0 spiro atoms. The first kappa shape index (κ1) is 21.6. The summed E-state index contributed by atoms with van der Waals surface area (Å²) in [5, 5.41) is 7.43. The summed E-state index contributed by atoms with van der Waals surface area (Å²) in [4.78, 5) is 11.8. The van der Waals surface area contributed by atoms with E-state index in [1.165, 1.54) is 82.9 Å². The molecule has 2 N–H and O–H groups in total. The van der Waals surface area contributed by atoms with Crippen molar-refractivity contribution in [1.82, 2.24) is 10.6 Å². The number of piperidine rings is 1. The van der Waals surface area contributed by atoms with E-state index in [9.17, 15) is 4.79 Å². The first-order chi connectivity index (χ1) is 13.7. The van der Waals surface area contributed by atoms with Crippen molar-refractivity contribution in [3.63, 3.8) is 0 Å². The summed E-state index contributed by atoms with van der Waals surface area (Å²) in [6, 6.07) is 8.76. The lowest BCUT2D eigenvalue weighted by Crippen LogP contribution is -2.38. The molecule has 28 heavy (non-hydrogen) atoms. The van der Waals surface area contributed by atoms with Crippen LogP contribution < -0.4 is 10.6 Å². The highest BCUT2D eigenvalue weighted by Gasteiger charge is 2.24. The molecule has 0 unspecified atom stereocenters. The van der Waals surface area contributed by atoms with Crippen LogP contribution in [0, 0.1) is 11.8 Å². The van der Waals surface area contributed by atoms with Gasteiger partial charge in [0.05, 0.1) is 0 Å². The van der Waals surface area contributed by atoms with Gasteiger partial charge in [-0.05, 0) is 81.6 Å². The van der Waals surface area contributed by atoms with Gasteiger partial charge in [0.25, 0.3) is 0 Å². The third-order valence-corrected chi connectivity index (χ3v) is 6.83. The van der Waals surface area contributed by atoms with Gasteiger partial charge in [-0.2, -0.15) is 0 Å². The molecule has 0 aromatic heterocycles. The number of nitrogens with one attached hydrogen (secondary N) is 2. The molecule has 1 saturated heterocycles. The number of hydrogen-bond donors (Lipinski definition) is 2. The predicted octanol–water partition coefficient (Wildman–Crippen LogP) is 5.51. The van der Waals surface area contributed by atoms with Crippen molar-refractivity contribution in [2.24, 2.45) is 11.8 Å². The molecule has 4 rings (SSSR count). The Balaban J connectivity index is 0.000000161. The number of rotatable bonds is 4. The van der Waals surface area contributed by atoms with Gasteiger partial charge in [-0.25, -0.2) is 0 Å². The van der Waals surface area contributed by atoms with E-state index in [1.807, 2.05) is 12.1 Å². The number of hydrogen-bond acceptors (Lipinski definition) is 2. The lowest BCUT2D eigenvalue weighted by atomic mass is 9.88. The van der Waals surface area contributed by atoms with Crippen molar-refractivity contribution < 1.29 is 4.79 Å². The second-order valence-corrected chi connectivity index (χ2v) is 9.29. The maximum atomic E-state index is 11.8. The fourth-order valence-electron chi connectivity index (χ4n) is 4.79. The number of carbonyl (C=O) groups excluding carboxylic acids is 1. The Labute approximate surface area is 176 Å². The van der Waals surface area contributed by atoms with Crippen LogP contribution in [0.2, 0.25) is 5.02 Å². The third-order valence-electron chi connectivity index (χ3n) is 6.57. The van der Waals surface area contributed by atoms with Crippen molar-refractivity contribution in [3.8, 4) is 0 Å². The molecule has 156 valence electrons. The average Bonchev–Trinajstić information content (AvgIpc) is 3.25. The van der Waals surface area contributed by atoms with Crippen LogP contribution in [0.1, 0.15) is 76.2 Å². The summed E-state index contributed by atoms with van der Waals surface area (Å²) in [6.45, 7) is 2.36. The van der Waals surface area contributed by atoms with Crippen molar-refractivity contribution in [3.05, 3.63) is 34.9 Å². The van der Waals surface area contributed by atoms with E-state index in [1.54, 1.807) is 0 Å². The van der Waals surface area contributed by atoms with E-state index in [-0.39, 0.29) is 0 Å². The molecule has 1 heterocycles. The van der Waals surface area contributed by atoms with Gasteiger partial charge >= 0.3 is 0 Å². The summed E-state index contributed by atoms with van der Waals surface area (Å²) in [7, 11) is 0. The van der Waals surface area contributed by atoms with Gasteiger partial charge in [-0.15, -0.1) is 0 Å². The second-order valence-electron chi connectivity index (χ2n) is 8.85. The molecule has 0 atom stereocenters. The number of halogens is 1. The van der Waals surface area contributed by atoms with E-state index in [0.29, 0.717) is 17.9 Å². The molecule has 4 heteroatoms. The monoisotopic (exact) mass is 404 g/mol. The minimum absolute atomic E-state index is 0.337. The van der Waals surface area contributed by atoms with Gasteiger partial charge in [0.15, 0.2) is 0 Å². The van der Waals surface area contributed by atoms with E-state index in [4.69, 9.17) is 11.6 Å².